The molecule has 1 aliphatic rings. The Kier molecular flexibility index (Phi) is 4.71. The fourth-order valence-electron chi connectivity index (χ4n) is 1.68. The number of β-amino-alcohol motifs (C(OH)–C–C–N with tert-alkyl or cyclic N) is 1. The van der Waals surface area contributed by atoms with Crippen LogP contribution in [0.4, 0.5) is 4.79 Å². The monoisotopic (exact) mass is 296 g/mol. The topological polar surface area (TPSA) is 133 Å². The van der Waals surface area contributed by atoms with Crippen molar-refractivity contribution in [3.05, 3.63) is 0 Å². The second-order valence-corrected chi connectivity index (χ2v) is 6.00. The molecule has 3 N–H and O–H groups in total. The van der Waals surface area contributed by atoms with Crippen LogP contribution in [0.2, 0.25) is 0 Å². The van der Waals surface area contributed by atoms with E-state index < -0.39 is 40.5 Å². The molecule has 2 atom stereocenters. The van der Waals surface area contributed by atoms with Crippen molar-refractivity contribution in [1.82, 2.24) is 9.03 Å². The molecular formula is C9H16N2O7S. The molecule has 0 saturated carbocycles. The van der Waals surface area contributed by atoms with Gasteiger partial charge in [-0.1, -0.05) is 0 Å². The largest absolute Gasteiger partial charge is 0.480 e. The molecule has 0 aliphatic carbocycles. The Morgan fingerprint density at radius 3 is 2.47 bits per heavy atom. The molecule has 0 spiro atoms. The maximum atomic E-state index is 11.8. The number of nitrogens with zero attached hydrogens (tertiary/aromatic N) is 1. The molecule has 0 aromatic heterocycles. The number of ether oxygens (including phenoxy) is 1. The van der Waals surface area contributed by atoms with Gasteiger partial charge in [0, 0.05) is 13.0 Å². The fraction of sp³-hybridized carbons (Fsp3) is 0.778. The molecule has 1 heterocycles. The summed E-state index contributed by atoms with van der Waals surface area (Å²) in [4.78, 5) is 22.1. The molecule has 0 bridgehead atoms. The van der Waals surface area contributed by atoms with Crippen LogP contribution in [0, 0.1) is 0 Å². The SMILES string of the molecule is CC(C)OC(=O)NS(=O)(=O)N1CC(O)C[C@H]1C(=O)O. The van der Waals surface area contributed by atoms with Crippen molar-refractivity contribution in [1.29, 1.82) is 0 Å². The van der Waals surface area contributed by atoms with Crippen LogP contribution in [0.3, 0.4) is 0 Å². The second kappa shape index (κ2) is 5.72. The maximum Gasteiger partial charge on any atom is 0.422 e. The zero-order valence-electron chi connectivity index (χ0n) is 10.4. The number of carboxylic acid groups (broad SMARTS) is 1. The van der Waals surface area contributed by atoms with E-state index in [1.54, 1.807) is 4.72 Å². The number of aliphatic hydroxyl groups is 1. The number of hydrogen-bond acceptors (Lipinski definition) is 6. The average Bonchev–Trinajstić information content (AvgIpc) is 2.58. The van der Waals surface area contributed by atoms with E-state index in [4.69, 9.17) is 5.11 Å². The van der Waals surface area contributed by atoms with Gasteiger partial charge in [-0.15, -0.1) is 0 Å². The third-order valence-electron chi connectivity index (χ3n) is 2.38. The molecule has 0 radical (unpaired) electrons. The van der Waals surface area contributed by atoms with Crippen molar-refractivity contribution in [3.63, 3.8) is 0 Å². The Bertz CT molecular complexity index is 461. The van der Waals surface area contributed by atoms with E-state index in [1.165, 1.54) is 13.8 Å². The Hall–Kier alpha value is -1.39. The molecule has 1 amide bonds. The summed E-state index contributed by atoms with van der Waals surface area (Å²) in [6, 6.07) is -1.40. The lowest BCUT2D eigenvalue weighted by molar-refractivity contribution is -0.140. The Morgan fingerprint density at radius 2 is 2.00 bits per heavy atom. The van der Waals surface area contributed by atoms with Crippen LogP contribution in [0.15, 0.2) is 0 Å². The molecule has 1 unspecified atom stereocenters. The van der Waals surface area contributed by atoms with Crippen molar-refractivity contribution in [3.8, 4) is 0 Å². The van der Waals surface area contributed by atoms with Gasteiger partial charge < -0.3 is 14.9 Å². The highest BCUT2D eigenvalue weighted by Crippen LogP contribution is 2.21. The molecule has 1 saturated heterocycles. The highest BCUT2D eigenvalue weighted by molar-refractivity contribution is 7.87. The molecule has 10 heteroatoms. The predicted octanol–water partition coefficient (Wildman–Crippen LogP) is -1.11. The zero-order valence-corrected chi connectivity index (χ0v) is 11.3. The van der Waals surface area contributed by atoms with Crippen LogP contribution in [-0.4, -0.2) is 59.8 Å². The highest BCUT2D eigenvalue weighted by atomic mass is 32.2. The molecule has 19 heavy (non-hydrogen) atoms. The maximum absolute atomic E-state index is 11.8. The van der Waals surface area contributed by atoms with E-state index in [1.807, 2.05) is 0 Å². The van der Waals surface area contributed by atoms with Crippen molar-refractivity contribution in [2.75, 3.05) is 6.54 Å². The summed E-state index contributed by atoms with van der Waals surface area (Å²) >= 11 is 0. The Morgan fingerprint density at radius 1 is 1.42 bits per heavy atom. The van der Waals surface area contributed by atoms with Crippen LogP contribution in [0.5, 0.6) is 0 Å². The third kappa shape index (κ3) is 4.04. The first-order valence-electron chi connectivity index (χ1n) is 5.54. The van der Waals surface area contributed by atoms with Gasteiger partial charge in [0.05, 0.1) is 12.2 Å². The number of nitrogens with one attached hydrogen (secondary N) is 1. The quantitative estimate of drug-likeness (QED) is 0.598. The highest BCUT2D eigenvalue weighted by Gasteiger charge is 2.43. The molecule has 0 aromatic carbocycles. The third-order valence-corrected chi connectivity index (χ3v) is 3.83. The lowest BCUT2D eigenvalue weighted by Gasteiger charge is -2.20. The van der Waals surface area contributed by atoms with Crippen LogP contribution >= 0.6 is 0 Å². The Balaban J connectivity index is 2.81. The minimum absolute atomic E-state index is 0.227. The summed E-state index contributed by atoms with van der Waals surface area (Å²) in [7, 11) is -4.36. The first-order chi connectivity index (χ1) is 8.63. The molecule has 110 valence electrons. The zero-order chi connectivity index (χ0) is 14.8. The van der Waals surface area contributed by atoms with Crippen LogP contribution in [-0.2, 0) is 19.7 Å². The van der Waals surface area contributed by atoms with E-state index in [-0.39, 0.29) is 13.0 Å². The van der Waals surface area contributed by atoms with Crippen molar-refractivity contribution >= 4 is 22.3 Å². The van der Waals surface area contributed by atoms with Gasteiger partial charge in [-0.05, 0) is 13.8 Å². The number of carboxylic acids is 1. The van der Waals surface area contributed by atoms with Gasteiger partial charge >= 0.3 is 22.3 Å². The van der Waals surface area contributed by atoms with E-state index in [2.05, 4.69) is 4.74 Å². The van der Waals surface area contributed by atoms with Crippen LogP contribution < -0.4 is 4.72 Å². The lowest BCUT2D eigenvalue weighted by atomic mass is 10.2. The number of amides is 1. The van der Waals surface area contributed by atoms with Gasteiger partial charge in [-0.25, -0.2) is 9.52 Å². The first kappa shape index (κ1) is 15.7. The number of aliphatic carboxylic acids is 1. The van der Waals surface area contributed by atoms with Crippen LogP contribution in [0.25, 0.3) is 0 Å². The summed E-state index contributed by atoms with van der Waals surface area (Å²) < 4.78 is 30.4. The van der Waals surface area contributed by atoms with E-state index in [9.17, 15) is 23.1 Å². The van der Waals surface area contributed by atoms with E-state index in [0.717, 1.165) is 0 Å². The molecule has 1 fully saturated rings. The van der Waals surface area contributed by atoms with Crippen molar-refractivity contribution in [2.45, 2.75) is 38.5 Å². The summed E-state index contributed by atoms with van der Waals surface area (Å²) in [6.07, 6.45) is -3.02. The lowest BCUT2D eigenvalue weighted by Crippen LogP contribution is -2.48. The smallest absolute Gasteiger partial charge is 0.422 e. The fourth-order valence-corrected chi connectivity index (χ4v) is 2.93. The molecule has 0 aromatic rings. The second-order valence-electron chi connectivity index (χ2n) is 4.37. The van der Waals surface area contributed by atoms with Crippen LogP contribution in [0.1, 0.15) is 20.3 Å². The summed E-state index contributed by atoms with van der Waals surface area (Å²) in [6.45, 7) is 2.68. The van der Waals surface area contributed by atoms with Crippen molar-refractivity contribution in [2.24, 2.45) is 0 Å². The first-order valence-corrected chi connectivity index (χ1v) is 6.98. The average molecular weight is 296 g/mol. The van der Waals surface area contributed by atoms with E-state index >= 15 is 0 Å². The molecule has 9 nitrogen and oxygen atoms in total. The number of aliphatic hydroxyl groups excluding tert-OH is 1. The standard InChI is InChI=1S/C9H16N2O7S/c1-5(2)18-9(15)10-19(16,17)11-4-6(12)3-7(11)8(13)14/h5-7,12H,3-4H2,1-2H3,(H,10,15)(H,13,14)/t6?,7-/m0/s1. The van der Waals surface area contributed by atoms with Gasteiger partial charge in [0.25, 0.3) is 0 Å². The normalized spacial score (nSPS) is 24.4. The minimum atomic E-state index is -4.36. The Labute approximate surface area is 110 Å². The summed E-state index contributed by atoms with van der Waals surface area (Å²) in [5, 5.41) is 18.2. The van der Waals surface area contributed by atoms with Gasteiger partial charge in [0.2, 0.25) is 0 Å². The summed E-state index contributed by atoms with van der Waals surface area (Å²) in [5.41, 5.74) is 0. The minimum Gasteiger partial charge on any atom is -0.480 e. The van der Waals surface area contributed by atoms with Gasteiger partial charge in [0.15, 0.2) is 0 Å². The van der Waals surface area contributed by atoms with E-state index in [0.29, 0.717) is 4.31 Å². The number of carbonyl (C=O) groups is 2. The summed E-state index contributed by atoms with van der Waals surface area (Å²) in [5.74, 6) is -1.39. The molecule has 1 rings (SSSR count). The van der Waals surface area contributed by atoms with Gasteiger partial charge in [-0.3, -0.25) is 4.79 Å². The number of rotatable bonds is 4. The number of carbonyl (C=O) groups excluding carboxylic acids is 1. The van der Waals surface area contributed by atoms with Gasteiger partial charge in [0.1, 0.15) is 6.04 Å². The number of hydrogen-bond donors (Lipinski definition) is 3. The molecule has 1 aliphatic heterocycles. The predicted molar refractivity (Wildman–Crippen MR) is 62.4 cm³/mol. The molecular weight excluding hydrogens is 280 g/mol. The van der Waals surface area contributed by atoms with Gasteiger partial charge in [-0.2, -0.15) is 12.7 Å². The van der Waals surface area contributed by atoms with Crippen molar-refractivity contribution < 1.29 is 33.0 Å².